The van der Waals surface area contributed by atoms with Crippen molar-refractivity contribution in [2.24, 2.45) is 0 Å². The molecule has 0 aromatic carbocycles. The number of hydrogen-bond donors (Lipinski definition) is 1. The average Bonchev–Trinajstić information content (AvgIpc) is 2.93. The van der Waals surface area contributed by atoms with Crippen molar-refractivity contribution in [2.45, 2.75) is 58.9 Å². The summed E-state index contributed by atoms with van der Waals surface area (Å²) >= 11 is 1.22. The van der Waals surface area contributed by atoms with Crippen LogP contribution in [0, 0.1) is 0 Å². The molecule has 2 aromatic heterocycles. The first-order chi connectivity index (χ1) is 10.6. The van der Waals surface area contributed by atoms with Crippen molar-refractivity contribution in [2.75, 3.05) is 0 Å². The summed E-state index contributed by atoms with van der Waals surface area (Å²) < 4.78 is 1.66. The second-order valence-electron chi connectivity index (χ2n) is 5.39. The predicted molar refractivity (Wildman–Crippen MR) is 89.0 cm³/mol. The predicted octanol–water partition coefficient (Wildman–Crippen LogP) is 3.69. The van der Waals surface area contributed by atoms with Crippen molar-refractivity contribution in [3.05, 3.63) is 27.1 Å². The van der Waals surface area contributed by atoms with Crippen LogP contribution < -0.4 is 5.56 Å². The molecule has 0 radical (unpaired) electrons. The molecular weight excluding hydrogens is 300 g/mol. The number of fused-ring (bicyclic) bond motifs is 1. The normalized spacial score (nSPS) is 11.2. The van der Waals surface area contributed by atoms with Crippen molar-refractivity contribution in [1.82, 2.24) is 9.55 Å². The largest absolute Gasteiger partial charge is 0.478 e. The van der Waals surface area contributed by atoms with Gasteiger partial charge < -0.3 is 5.11 Å². The minimum atomic E-state index is -1.07. The molecule has 0 aliphatic heterocycles. The monoisotopic (exact) mass is 322 g/mol. The maximum atomic E-state index is 12.7. The number of carbonyl (C=O) groups is 1. The van der Waals surface area contributed by atoms with Crippen LogP contribution in [0.2, 0.25) is 0 Å². The van der Waals surface area contributed by atoms with E-state index in [4.69, 9.17) is 0 Å². The molecule has 0 aliphatic rings. The van der Waals surface area contributed by atoms with E-state index in [-0.39, 0.29) is 16.5 Å². The Balaban J connectivity index is 2.34. The number of carboxylic acids is 1. The molecule has 0 unspecified atom stereocenters. The minimum Gasteiger partial charge on any atom is -0.478 e. The van der Waals surface area contributed by atoms with E-state index in [1.54, 1.807) is 4.57 Å². The maximum Gasteiger partial charge on any atom is 0.337 e. The third kappa shape index (κ3) is 3.38. The van der Waals surface area contributed by atoms with Crippen LogP contribution in [0.5, 0.6) is 0 Å². The number of aryl methyl sites for hydroxylation is 1. The van der Waals surface area contributed by atoms with Gasteiger partial charge in [-0.25, -0.2) is 9.78 Å². The lowest BCUT2D eigenvalue weighted by Crippen LogP contribution is -2.25. The molecule has 0 saturated carbocycles. The molecule has 2 rings (SSSR count). The number of thiophene rings is 1. The molecule has 1 N–H and O–H groups in total. The number of rotatable bonds is 8. The van der Waals surface area contributed by atoms with Gasteiger partial charge in [0.1, 0.15) is 10.7 Å². The summed E-state index contributed by atoms with van der Waals surface area (Å²) in [5, 5.41) is 11.0. The van der Waals surface area contributed by atoms with Gasteiger partial charge in [0.2, 0.25) is 0 Å². The number of nitrogens with zero attached hydrogens (tertiary/aromatic N) is 2. The average molecular weight is 322 g/mol. The van der Waals surface area contributed by atoms with Gasteiger partial charge in [0, 0.05) is 18.3 Å². The highest BCUT2D eigenvalue weighted by atomic mass is 32.1. The van der Waals surface area contributed by atoms with E-state index in [1.807, 2.05) is 6.92 Å². The van der Waals surface area contributed by atoms with Crippen LogP contribution in [0.1, 0.15) is 62.1 Å². The van der Waals surface area contributed by atoms with E-state index in [9.17, 15) is 14.7 Å². The van der Waals surface area contributed by atoms with Gasteiger partial charge in [0.15, 0.2) is 0 Å². The molecule has 2 aromatic rings. The molecule has 0 atom stereocenters. The van der Waals surface area contributed by atoms with E-state index >= 15 is 0 Å². The van der Waals surface area contributed by atoms with Crippen LogP contribution in [-0.2, 0) is 13.0 Å². The van der Waals surface area contributed by atoms with Gasteiger partial charge in [0.05, 0.1) is 10.9 Å². The summed E-state index contributed by atoms with van der Waals surface area (Å²) in [5.74, 6) is -0.323. The van der Waals surface area contributed by atoms with Crippen molar-refractivity contribution in [3.63, 3.8) is 0 Å². The first kappa shape index (κ1) is 16.7. The second-order valence-corrected chi connectivity index (χ2v) is 6.25. The van der Waals surface area contributed by atoms with Crippen LogP contribution in [0.15, 0.2) is 10.2 Å². The summed E-state index contributed by atoms with van der Waals surface area (Å²) in [6.45, 7) is 4.75. The fourth-order valence-electron chi connectivity index (χ4n) is 2.60. The highest BCUT2D eigenvalue weighted by Crippen LogP contribution is 2.22. The Bertz CT molecular complexity index is 718. The molecule has 0 amide bonds. The van der Waals surface area contributed by atoms with Crippen LogP contribution in [0.4, 0.5) is 0 Å². The molecule has 0 aliphatic carbocycles. The topological polar surface area (TPSA) is 72.2 Å². The lowest BCUT2D eigenvalue weighted by atomic mass is 10.1. The molecular formula is C16H22N2O3S. The zero-order valence-corrected chi connectivity index (χ0v) is 13.9. The Morgan fingerprint density at radius 2 is 2.00 bits per heavy atom. The van der Waals surface area contributed by atoms with Crippen molar-refractivity contribution >= 4 is 27.5 Å². The number of unbranched alkanes of at least 4 members (excludes halogenated alkanes) is 4. The number of hydrogen-bond acceptors (Lipinski definition) is 4. The standard InChI is InChI=1S/C16H22N2O3S/c1-3-5-6-7-8-9-18-12(4-2)17-14-13(15(18)19)11(10-22-14)16(20)21/h10H,3-9H2,1-2H3,(H,20,21). The van der Waals surface area contributed by atoms with Gasteiger partial charge in [-0.1, -0.05) is 39.5 Å². The van der Waals surface area contributed by atoms with Crippen LogP contribution in [0.25, 0.3) is 10.2 Å². The summed E-state index contributed by atoms with van der Waals surface area (Å²) in [6.07, 6.45) is 6.23. The van der Waals surface area contributed by atoms with Gasteiger partial charge in [0.25, 0.3) is 5.56 Å². The van der Waals surface area contributed by atoms with Crippen LogP contribution in [0.3, 0.4) is 0 Å². The first-order valence-corrected chi connectivity index (χ1v) is 8.72. The highest BCUT2D eigenvalue weighted by molar-refractivity contribution is 7.17. The fraction of sp³-hybridized carbons (Fsp3) is 0.562. The highest BCUT2D eigenvalue weighted by Gasteiger charge is 2.18. The van der Waals surface area contributed by atoms with Gasteiger partial charge in [-0.15, -0.1) is 11.3 Å². The van der Waals surface area contributed by atoms with Gasteiger partial charge >= 0.3 is 5.97 Å². The molecule has 0 spiro atoms. The number of carboxylic acid groups (broad SMARTS) is 1. The van der Waals surface area contributed by atoms with Crippen LogP contribution >= 0.6 is 11.3 Å². The van der Waals surface area contributed by atoms with Crippen molar-refractivity contribution < 1.29 is 9.90 Å². The van der Waals surface area contributed by atoms with E-state index in [0.717, 1.165) is 18.7 Å². The van der Waals surface area contributed by atoms with E-state index in [0.29, 0.717) is 17.8 Å². The fourth-order valence-corrected chi connectivity index (χ4v) is 3.52. The summed E-state index contributed by atoms with van der Waals surface area (Å²) in [4.78, 5) is 29.0. The molecule has 2 heterocycles. The first-order valence-electron chi connectivity index (χ1n) is 7.84. The Morgan fingerprint density at radius 1 is 1.27 bits per heavy atom. The Kier molecular flexibility index (Phi) is 5.71. The molecule has 0 fully saturated rings. The van der Waals surface area contributed by atoms with Crippen molar-refractivity contribution in [1.29, 1.82) is 0 Å². The molecule has 5 nitrogen and oxygen atoms in total. The number of aromatic nitrogens is 2. The summed E-state index contributed by atoms with van der Waals surface area (Å²) in [6, 6.07) is 0. The molecule has 0 saturated heterocycles. The zero-order chi connectivity index (χ0) is 16.1. The lowest BCUT2D eigenvalue weighted by Gasteiger charge is -2.11. The minimum absolute atomic E-state index is 0.0693. The Labute approximate surface area is 133 Å². The molecule has 22 heavy (non-hydrogen) atoms. The molecule has 120 valence electrons. The van der Waals surface area contributed by atoms with E-state index in [1.165, 1.54) is 36.0 Å². The van der Waals surface area contributed by atoms with Gasteiger partial charge in [-0.2, -0.15) is 0 Å². The smallest absolute Gasteiger partial charge is 0.337 e. The molecule has 0 bridgehead atoms. The second kappa shape index (κ2) is 7.54. The third-order valence-electron chi connectivity index (χ3n) is 3.80. The molecule has 6 heteroatoms. The Hall–Kier alpha value is -1.69. The number of aromatic carboxylic acids is 1. The van der Waals surface area contributed by atoms with Gasteiger partial charge in [-0.3, -0.25) is 9.36 Å². The van der Waals surface area contributed by atoms with Gasteiger partial charge in [-0.05, 0) is 6.42 Å². The maximum absolute atomic E-state index is 12.7. The van der Waals surface area contributed by atoms with E-state index < -0.39 is 5.97 Å². The van der Waals surface area contributed by atoms with Crippen LogP contribution in [-0.4, -0.2) is 20.6 Å². The van der Waals surface area contributed by atoms with Crippen molar-refractivity contribution in [3.8, 4) is 0 Å². The quantitative estimate of drug-likeness (QED) is 0.752. The Morgan fingerprint density at radius 3 is 2.64 bits per heavy atom. The summed E-state index contributed by atoms with van der Waals surface area (Å²) in [5.41, 5.74) is -0.143. The SMILES string of the molecule is CCCCCCCn1c(CC)nc2scc(C(=O)O)c2c1=O. The lowest BCUT2D eigenvalue weighted by molar-refractivity contribution is 0.0699. The zero-order valence-electron chi connectivity index (χ0n) is 13.1. The third-order valence-corrected chi connectivity index (χ3v) is 4.68. The summed E-state index contributed by atoms with van der Waals surface area (Å²) in [7, 11) is 0. The van der Waals surface area contributed by atoms with E-state index in [2.05, 4.69) is 11.9 Å².